The zero-order valence-electron chi connectivity index (χ0n) is 12.8. The van der Waals surface area contributed by atoms with Gasteiger partial charge in [0.25, 0.3) is 0 Å². The number of piperidine rings is 1. The molecule has 0 bridgehead atoms. The molecule has 1 amide bonds. The van der Waals surface area contributed by atoms with E-state index >= 15 is 0 Å². The highest BCUT2D eigenvalue weighted by Crippen LogP contribution is 2.32. The van der Waals surface area contributed by atoms with E-state index in [9.17, 15) is 4.79 Å². The molecule has 2 heterocycles. The molecular weight excluding hydrogens is 276 g/mol. The predicted octanol–water partition coefficient (Wildman–Crippen LogP) is 2.07. The average Bonchev–Trinajstić information content (AvgIpc) is 2.64. The second-order valence-corrected chi connectivity index (χ2v) is 6.29. The number of likely N-dealkylation sites (tertiary alicyclic amines) is 1. The van der Waals surface area contributed by atoms with E-state index in [0.717, 1.165) is 57.8 Å². The van der Waals surface area contributed by atoms with Gasteiger partial charge in [0.2, 0.25) is 5.91 Å². The van der Waals surface area contributed by atoms with Crippen molar-refractivity contribution >= 4 is 18.3 Å². The fourth-order valence-corrected chi connectivity index (χ4v) is 3.40. The minimum atomic E-state index is -0.270. The maximum Gasteiger partial charge on any atom is 0.231 e. The summed E-state index contributed by atoms with van der Waals surface area (Å²) in [4.78, 5) is 15.0. The van der Waals surface area contributed by atoms with Crippen LogP contribution < -0.4 is 5.32 Å². The van der Waals surface area contributed by atoms with Gasteiger partial charge >= 0.3 is 0 Å². The summed E-state index contributed by atoms with van der Waals surface area (Å²) in [5, 5.41) is 3.35. The standard InChI is InChI=1S/C15H28N2O2.ClH/c1-13-4-3-10-17(11-5-13)14(18)15(12-19-2)6-8-16-9-7-15;/h13,16H,3-12H2,1-2H3;1H. The van der Waals surface area contributed by atoms with Crippen molar-refractivity contribution in [3.63, 3.8) is 0 Å². The first-order valence-corrected chi connectivity index (χ1v) is 7.67. The van der Waals surface area contributed by atoms with Crippen molar-refractivity contribution in [1.82, 2.24) is 10.2 Å². The van der Waals surface area contributed by atoms with Crippen molar-refractivity contribution in [2.24, 2.45) is 11.3 Å². The average molecular weight is 305 g/mol. The summed E-state index contributed by atoms with van der Waals surface area (Å²) < 4.78 is 5.37. The summed E-state index contributed by atoms with van der Waals surface area (Å²) in [6.07, 6.45) is 5.36. The third kappa shape index (κ3) is 4.09. The molecule has 2 fully saturated rings. The Hall–Kier alpha value is -0.320. The van der Waals surface area contributed by atoms with E-state index in [-0.39, 0.29) is 17.8 Å². The van der Waals surface area contributed by atoms with Crippen molar-refractivity contribution in [3.8, 4) is 0 Å². The minimum Gasteiger partial charge on any atom is -0.384 e. The first kappa shape index (κ1) is 17.7. The van der Waals surface area contributed by atoms with Gasteiger partial charge in [-0.05, 0) is 51.1 Å². The molecule has 0 aromatic carbocycles. The Balaban J connectivity index is 0.00000200. The van der Waals surface area contributed by atoms with Crippen LogP contribution in [0.3, 0.4) is 0 Å². The lowest BCUT2D eigenvalue weighted by atomic mass is 9.78. The van der Waals surface area contributed by atoms with Gasteiger partial charge in [-0.1, -0.05) is 6.92 Å². The number of nitrogens with zero attached hydrogens (tertiary/aromatic N) is 1. The molecule has 2 aliphatic rings. The lowest BCUT2D eigenvalue weighted by Gasteiger charge is -2.39. The van der Waals surface area contributed by atoms with Gasteiger partial charge in [-0.25, -0.2) is 0 Å². The summed E-state index contributed by atoms with van der Waals surface area (Å²) in [7, 11) is 1.71. The van der Waals surface area contributed by atoms with Crippen molar-refractivity contribution in [2.45, 2.75) is 39.0 Å². The summed E-state index contributed by atoms with van der Waals surface area (Å²) in [5.41, 5.74) is -0.270. The van der Waals surface area contributed by atoms with E-state index < -0.39 is 0 Å². The number of nitrogens with one attached hydrogen (secondary N) is 1. The minimum absolute atomic E-state index is 0. The van der Waals surface area contributed by atoms with Gasteiger partial charge in [0.15, 0.2) is 0 Å². The highest BCUT2D eigenvalue weighted by molar-refractivity contribution is 5.85. The topological polar surface area (TPSA) is 41.6 Å². The number of hydrogen-bond donors (Lipinski definition) is 1. The van der Waals surface area contributed by atoms with Crippen LogP contribution in [0.15, 0.2) is 0 Å². The number of hydrogen-bond acceptors (Lipinski definition) is 3. The Labute approximate surface area is 129 Å². The molecule has 0 spiro atoms. The highest BCUT2D eigenvalue weighted by atomic mass is 35.5. The summed E-state index contributed by atoms with van der Waals surface area (Å²) >= 11 is 0. The monoisotopic (exact) mass is 304 g/mol. The lowest BCUT2D eigenvalue weighted by molar-refractivity contribution is -0.147. The largest absolute Gasteiger partial charge is 0.384 e. The fourth-order valence-electron chi connectivity index (χ4n) is 3.40. The molecule has 2 aliphatic heterocycles. The van der Waals surface area contributed by atoms with Crippen LogP contribution in [0.2, 0.25) is 0 Å². The van der Waals surface area contributed by atoms with Gasteiger partial charge in [-0.15, -0.1) is 12.4 Å². The molecule has 0 radical (unpaired) electrons. The molecule has 0 saturated carbocycles. The lowest BCUT2D eigenvalue weighted by Crippen LogP contribution is -2.51. The van der Waals surface area contributed by atoms with Crippen LogP contribution >= 0.6 is 12.4 Å². The smallest absolute Gasteiger partial charge is 0.231 e. The maximum absolute atomic E-state index is 12.9. The predicted molar refractivity (Wildman–Crippen MR) is 83.3 cm³/mol. The SMILES string of the molecule is COCC1(C(=O)N2CCCC(C)CC2)CCNCC1.Cl. The second kappa shape index (κ2) is 8.20. The number of methoxy groups -OCH3 is 1. The number of amides is 1. The highest BCUT2D eigenvalue weighted by Gasteiger charge is 2.42. The Morgan fingerprint density at radius 3 is 2.65 bits per heavy atom. The van der Waals surface area contributed by atoms with Gasteiger partial charge < -0.3 is 15.0 Å². The number of rotatable bonds is 3. The van der Waals surface area contributed by atoms with Crippen molar-refractivity contribution in [3.05, 3.63) is 0 Å². The Morgan fingerprint density at radius 1 is 1.30 bits per heavy atom. The third-order valence-corrected chi connectivity index (χ3v) is 4.74. The third-order valence-electron chi connectivity index (χ3n) is 4.74. The molecule has 2 rings (SSSR count). The zero-order chi connectivity index (χ0) is 13.7. The first-order valence-electron chi connectivity index (χ1n) is 7.67. The number of carbonyl (C=O) groups is 1. The van der Waals surface area contributed by atoms with E-state index in [1.807, 2.05) is 0 Å². The van der Waals surface area contributed by atoms with Crippen molar-refractivity contribution in [2.75, 3.05) is 39.9 Å². The van der Waals surface area contributed by atoms with Crippen LogP contribution in [0.1, 0.15) is 39.0 Å². The van der Waals surface area contributed by atoms with E-state index in [1.54, 1.807) is 7.11 Å². The zero-order valence-corrected chi connectivity index (χ0v) is 13.6. The molecule has 118 valence electrons. The van der Waals surface area contributed by atoms with Crippen molar-refractivity contribution in [1.29, 1.82) is 0 Å². The number of carbonyl (C=O) groups excluding carboxylic acids is 1. The normalized spacial score (nSPS) is 26.5. The van der Waals surface area contributed by atoms with E-state index in [0.29, 0.717) is 12.5 Å². The second-order valence-electron chi connectivity index (χ2n) is 6.29. The van der Waals surface area contributed by atoms with Crippen LogP contribution in [0, 0.1) is 11.3 Å². The fraction of sp³-hybridized carbons (Fsp3) is 0.933. The molecule has 0 aliphatic carbocycles. The van der Waals surface area contributed by atoms with E-state index in [2.05, 4.69) is 17.1 Å². The van der Waals surface area contributed by atoms with Gasteiger partial charge in [-0.3, -0.25) is 4.79 Å². The van der Waals surface area contributed by atoms with Crippen LogP contribution in [-0.4, -0.2) is 50.7 Å². The molecule has 4 nitrogen and oxygen atoms in total. The molecule has 1 unspecified atom stereocenters. The molecular formula is C15H29ClN2O2. The van der Waals surface area contributed by atoms with Gasteiger partial charge in [-0.2, -0.15) is 0 Å². The quantitative estimate of drug-likeness (QED) is 0.868. The van der Waals surface area contributed by atoms with Crippen LogP contribution in [0.25, 0.3) is 0 Å². The van der Waals surface area contributed by atoms with Gasteiger partial charge in [0, 0.05) is 20.2 Å². The van der Waals surface area contributed by atoms with Crippen molar-refractivity contribution < 1.29 is 9.53 Å². The number of ether oxygens (including phenoxy) is 1. The molecule has 1 N–H and O–H groups in total. The van der Waals surface area contributed by atoms with Gasteiger partial charge in [0.1, 0.15) is 0 Å². The summed E-state index contributed by atoms with van der Waals surface area (Å²) in [6, 6.07) is 0. The molecule has 2 saturated heterocycles. The first-order chi connectivity index (χ1) is 9.18. The van der Waals surface area contributed by atoms with E-state index in [4.69, 9.17) is 4.74 Å². The molecule has 20 heavy (non-hydrogen) atoms. The molecule has 1 atom stereocenters. The van der Waals surface area contributed by atoms with Crippen LogP contribution in [0.4, 0.5) is 0 Å². The Kier molecular flexibility index (Phi) is 7.27. The van der Waals surface area contributed by atoms with Crippen LogP contribution in [0.5, 0.6) is 0 Å². The summed E-state index contributed by atoms with van der Waals surface area (Å²) in [5.74, 6) is 1.09. The van der Waals surface area contributed by atoms with Crippen LogP contribution in [-0.2, 0) is 9.53 Å². The summed E-state index contributed by atoms with van der Waals surface area (Å²) in [6.45, 7) is 6.59. The molecule has 5 heteroatoms. The Morgan fingerprint density at radius 2 is 2.00 bits per heavy atom. The van der Waals surface area contributed by atoms with Gasteiger partial charge in [0.05, 0.1) is 12.0 Å². The molecule has 0 aromatic heterocycles. The number of halogens is 1. The Bertz CT molecular complexity index is 301. The molecule has 0 aromatic rings. The van der Waals surface area contributed by atoms with E-state index in [1.165, 1.54) is 6.42 Å². The maximum atomic E-state index is 12.9.